The van der Waals surface area contributed by atoms with Gasteiger partial charge in [0.1, 0.15) is 23.0 Å². The van der Waals surface area contributed by atoms with Crippen molar-refractivity contribution >= 4 is 42.5 Å². The predicted molar refractivity (Wildman–Crippen MR) is 127 cm³/mol. The largest absolute Gasteiger partial charge is 0.458 e. The van der Waals surface area contributed by atoms with E-state index in [0.29, 0.717) is 0 Å². The van der Waals surface area contributed by atoms with Crippen LogP contribution in [-0.2, 0) is 4.12 Å². The Labute approximate surface area is 188 Å². The van der Waals surface area contributed by atoms with E-state index in [1.165, 1.54) is 0 Å². The molecule has 0 aliphatic heterocycles. The lowest BCUT2D eigenvalue weighted by Gasteiger charge is -2.11. The zero-order chi connectivity index (χ0) is 21.5. The average Bonchev–Trinajstić information content (AvgIpc) is 2.81. The third kappa shape index (κ3) is 5.03. The SMILES string of the molecule is [Si]O[Si].c1ccc2c(Oc3ccc(Oc4cccc5ccccc45)cc3)cccc2c1. The summed E-state index contributed by atoms with van der Waals surface area (Å²) in [5.74, 6) is 3.25. The van der Waals surface area contributed by atoms with E-state index >= 15 is 0 Å². The molecule has 0 heterocycles. The van der Waals surface area contributed by atoms with Crippen molar-refractivity contribution in [2.24, 2.45) is 0 Å². The van der Waals surface area contributed by atoms with Crippen molar-refractivity contribution in [2.45, 2.75) is 0 Å². The summed E-state index contributed by atoms with van der Waals surface area (Å²) >= 11 is 0. The predicted octanol–water partition coefficient (Wildman–Crippen LogP) is 6.75. The van der Waals surface area contributed by atoms with Crippen molar-refractivity contribution in [1.29, 1.82) is 0 Å². The summed E-state index contributed by atoms with van der Waals surface area (Å²) in [5.41, 5.74) is 0. The maximum absolute atomic E-state index is 6.11. The van der Waals surface area contributed by atoms with Gasteiger partial charge < -0.3 is 13.6 Å². The molecule has 0 amide bonds. The maximum atomic E-state index is 6.11. The summed E-state index contributed by atoms with van der Waals surface area (Å²) in [4.78, 5) is 0. The molecule has 0 aliphatic rings. The average molecular weight is 435 g/mol. The van der Waals surface area contributed by atoms with Gasteiger partial charge in [-0.3, -0.25) is 0 Å². The van der Waals surface area contributed by atoms with Crippen LogP contribution in [0.3, 0.4) is 0 Å². The molecule has 0 saturated carbocycles. The highest BCUT2D eigenvalue weighted by atomic mass is 28.3. The van der Waals surface area contributed by atoms with Gasteiger partial charge in [0.05, 0.1) is 0 Å². The molecule has 6 radical (unpaired) electrons. The highest BCUT2D eigenvalue weighted by Gasteiger charge is 2.05. The van der Waals surface area contributed by atoms with Crippen molar-refractivity contribution in [3.8, 4) is 23.0 Å². The van der Waals surface area contributed by atoms with E-state index in [-0.39, 0.29) is 0 Å². The minimum atomic E-state index is 0.779. The summed E-state index contributed by atoms with van der Waals surface area (Å²) in [6.45, 7) is 0. The van der Waals surface area contributed by atoms with E-state index in [1.54, 1.807) is 0 Å². The molecule has 0 atom stereocenters. The lowest BCUT2D eigenvalue weighted by Crippen LogP contribution is -1.88. The topological polar surface area (TPSA) is 27.7 Å². The van der Waals surface area contributed by atoms with E-state index in [9.17, 15) is 0 Å². The number of hydrogen-bond donors (Lipinski definition) is 0. The van der Waals surface area contributed by atoms with Gasteiger partial charge >= 0.3 is 0 Å². The van der Waals surface area contributed by atoms with Crippen molar-refractivity contribution in [1.82, 2.24) is 0 Å². The Morgan fingerprint density at radius 2 is 0.774 bits per heavy atom. The highest BCUT2D eigenvalue weighted by molar-refractivity contribution is 6.15. The fourth-order valence-corrected chi connectivity index (χ4v) is 3.40. The van der Waals surface area contributed by atoms with Gasteiger partial charge in [-0.05, 0) is 47.2 Å². The summed E-state index contributed by atoms with van der Waals surface area (Å²) in [7, 11) is 5.19. The third-order valence-electron chi connectivity index (χ3n) is 4.78. The number of rotatable bonds is 4. The highest BCUT2D eigenvalue weighted by Crippen LogP contribution is 2.33. The molecule has 0 fully saturated rings. The van der Waals surface area contributed by atoms with Gasteiger partial charge in [-0.1, -0.05) is 72.8 Å². The number of hydrogen-bond acceptors (Lipinski definition) is 3. The second kappa shape index (κ2) is 10.1. The molecule has 0 aromatic heterocycles. The monoisotopic (exact) mass is 434 g/mol. The van der Waals surface area contributed by atoms with Gasteiger partial charge in [0, 0.05) is 10.8 Å². The lowest BCUT2D eigenvalue weighted by molar-refractivity contribution is 0.475. The van der Waals surface area contributed by atoms with Gasteiger partial charge in [-0.25, -0.2) is 0 Å². The summed E-state index contributed by atoms with van der Waals surface area (Å²) in [5, 5.41) is 4.52. The molecule has 5 heteroatoms. The Balaban J connectivity index is 0.000000730. The quantitative estimate of drug-likeness (QED) is 0.293. The van der Waals surface area contributed by atoms with Crippen molar-refractivity contribution in [3.63, 3.8) is 0 Å². The van der Waals surface area contributed by atoms with Crippen LogP contribution in [0.2, 0.25) is 0 Å². The first-order valence-electron chi connectivity index (χ1n) is 9.69. The second-order valence-corrected chi connectivity index (χ2v) is 7.55. The smallest absolute Gasteiger partial charge is 0.229 e. The molecule has 5 rings (SSSR count). The van der Waals surface area contributed by atoms with E-state index in [1.807, 2.05) is 72.8 Å². The molecule has 0 aliphatic carbocycles. The molecular formula is C26H18O3Si2. The molecular weight excluding hydrogens is 416 g/mol. The molecule has 5 aromatic carbocycles. The molecule has 0 N–H and O–H groups in total. The van der Waals surface area contributed by atoms with Crippen molar-refractivity contribution in [3.05, 3.63) is 109 Å². The molecule has 31 heavy (non-hydrogen) atoms. The van der Waals surface area contributed by atoms with Gasteiger partial charge in [-0.15, -0.1) is 0 Å². The van der Waals surface area contributed by atoms with E-state index < -0.39 is 0 Å². The summed E-state index contributed by atoms with van der Waals surface area (Å²) in [6, 6.07) is 36.3. The molecule has 0 saturated heterocycles. The van der Waals surface area contributed by atoms with E-state index in [4.69, 9.17) is 9.47 Å². The standard InChI is InChI=1S/C26H18O2.OSi2/c1-3-11-23-19(7-1)9-5-13-25(23)27-21-15-17-22(18-16-21)28-26-14-6-10-20-8-2-4-12-24(20)26;2-1-3/h1-18H;. The Morgan fingerprint density at radius 1 is 0.419 bits per heavy atom. The van der Waals surface area contributed by atoms with E-state index in [2.05, 4.69) is 61.5 Å². The molecule has 148 valence electrons. The number of benzene rings is 5. The van der Waals surface area contributed by atoms with Crippen LogP contribution in [0, 0.1) is 0 Å². The molecule has 0 unspecified atom stereocenters. The fraction of sp³-hybridized carbons (Fsp3) is 0. The van der Waals surface area contributed by atoms with Crippen LogP contribution in [0.25, 0.3) is 21.5 Å². The van der Waals surface area contributed by atoms with Crippen LogP contribution in [0.4, 0.5) is 0 Å². The zero-order valence-corrected chi connectivity index (χ0v) is 18.6. The second-order valence-electron chi connectivity index (χ2n) is 6.73. The molecule has 3 nitrogen and oxygen atoms in total. The first-order valence-corrected chi connectivity index (χ1v) is 10.5. The normalized spacial score (nSPS) is 10.4. The third-order valence-corrected chi connectivity index (χ3v) is 4.78. The fourth-order valence-electron chi connectivity index (χ4n) is 3.40. The lowest BCUT2D eigenvalue weighted by atomic mass is 10.1. The minimum Gasteiger partial charge on any atom is -0.458 e. The van der Waals surface area contributed by atoms with Crippen LogP contribution in [0.5, 0.6) is 23.0 Å². The van der Waals surface area contributed by atoms with Crippen LogP contribution in [0.1, 0.15) is 0 Å². The van der Waals surface area contributed by atoms with Gasteiger partial charge in [0.15, 0.2) is 0 Å². The molecule has 5 aromatic rings. The summed E-state index contributed by atoms with van der Waals surface area (Å²) in [6.07, 6.45) is 0. The Kier molecular flexibility index (Phi) is 6.79. The van der Waals surface area contributed by atoms with Crippen LogP contribution in [-0.4, -0.2) is 21.0 Å². The Hall–Kier alpha value is -3.39. The van der Waals surface area contributed by atoms with Gasteiger partial charge in [0.25, 0.3) is 0 Å². The Morgan fingerprint density at radius 3 is 1.19 bits per heavy atom. The minimum absolute atomic E-state index is 0.779. The van der Waals surface area contributed by atoms with Crippen LogP contribution in [0.15, 0.2) is 109 Å². The van der Waals surface area contributed by atoms with Gasteiger partial charge in [0.2, 0.25) is 21.0 Å². The molecule has 0 spiro atoms. The van der Waals surface area contributed by atoms with Crippen LogP contribution < -0.4 is 9.47 Å². The Bertz CT molecular complexity index is 1180. The van der Waals surface area contributed by atoms with Crippen molar-refractivity contribution in [2.75, 3.05) is 0 Å². The van der Waals surface area contributed by atoms with Crippen molar-refractivity contribution < 1.29 is 13.6 Å². The first kappa shape index (κ1) is 20.9. The zero-order valence-electron chi connectivity index (χ0n) is 16.6. The molecule has 0 bridgehead atoms. The van der Waals surface area contributed by atoms with Gasteiger partial charge in [-0.2, -0.15) is 0 Å². The van der Waals surface area contributed by atoms with E-state index in [0.717, 1.165) is 44.5 Å². The summed E-state index contributed by atoms with van der Waals surface area (Å²) < 4.78 is 16.1. The number of ether oxygens (including phenoxy) is 2. The first-order chi connectivity index (χ1) is 15.3. The maximum Gasteiger partial charge on any atom is 0.229 e. The van der Waals surface area contributed by atoms with Crippen LogP contribution >= 0.6 is 0 Å². The number of fused-ring (bicyclic) bond motifs is 2.